The molecule has 2 fully saturated rings. The Labute approximate surface area is 167 Å². The highest BCUT2D eigenvalue weighted by Crippen LogP contribution is 2.23. The quantitative estimate of drug-likeness (QED) is 0.824. The number of carbonyl (C=O) groups is 2. The number of hydrogen-bond donors (Lipinski definition) is 2. The Morgan fingerprint density at radius 2 is 1.54 bits per heavy atom. The third-order valence-corrected chi connectivity index (χ3v) is 5.28. The second kappa shape index (κ2) is 7.87. The molecule has 0 spiro atoms. The van der Waals surface area contributed by atoms with E-state index < -0.39 is 12.2 Å². The number of rotatable bonds is 4. The first-order valence-corrected chi connectivity index (χ1v) is 9.48. The number of piperazine rings is 1. The number of amides is 3. The smallest absolute Gasteiger partial charge is 0.302 e. The van der Waals surface area contributed by atoms with Crippen LogP contribution in [0.15, 0.2) is 48.5 Å². The topological polar surface area (TPSA) is 64.7 Å². The lowest BCUT2D eigenvalue weighted by Crippen LogP contribution is -2.74. The van der Waals surface area contributed by atoms with E-state index in [0.29, 0.717) is 30.2 Å². The molecule has 2 aliphatic heterocycles. The fourth-order valence-corrected chi connectivity index (χ4v) is 3.72. The van der Waals surface area contributed by atoms with Crippen molar-refractivity contribution >= 4 is 23.5 Å². The summed E-state index contributed by atoms with van der Waals surface area (Å²) in [6.07, 6.45) is -0.422. The predicted molar refractivity (Wildman–Crippen MR) is 103 cm³/mol. The van der Waals surface area contributed by atoms with Gasteiger partial charge >= 0.3 is 6.03 Å². The van der Waals surface area contributed by atoms with Gasteiger partial charge in [0.1, 0.15) is 18.0 Å². The number of fused-ring (bicyclic) bond motifs is 1. The summed E-state index contributed by atoms with van der Waals surface area (Å²) in [4.78, 5) is 29.0. The van der Waals surface area contributed by atoms with Crippen molar-refractivity contribution in [1.29, 1.82) is 0 Å². The highest BCUT2D eigenvalue weighted by atomic mass is 35.5. The number of nitrogens with zero attached hydrogens (tertiary/aromatic N) is 2. The summed E-state index contributed by atoms with van der Waals surface area (Å²) in [5, 5.41) is 7.11. The molecule has 2 aromatic carbocycles. The minimum atomic E-state index is -0.529. The third kappa shape index (κ3) is 3.73. The van der Waals surface area contributed by atoms with Crippen LogP contribution in [0.5, 0.6) is 0 Å². The second-order valence-electron chi connectivity index (χ2n) is 6.92. The zero-order valence-electron chi connectivity index (χ0n) is 15.1. The van der Waals surface area contributed by atoms with E-state index in [0.717, 1.165) is 5.56 Å². The molecule has 0 saturated carbocycles. The normalized spacial score (nSPS) is 22.4. The summed E-state index contributed by atoms with van der Waals surface area (Å²) < 4.78 is 13.2. The number of halogens is 2. The van der Waals surface area contributed by atoms with Crippen molar-refractivity contribution in [3.63, 3.8) is 0 Å². The van der Waals surface area contributed by atoms with E-state index in [1.165, 1.54) is 17.0 Å². The lowest BCUT2D eigenvalue weighted by atomic mass is 10.0. The first-order chi connectivity index (χ1) is 13.5. The molecule has 28 heavy (non-hydrogen) atoms. The van der Waals surface area contributed by atoms with Gasteiger partial charge in [-0.25, -0.2) is 9.18 Å². The molecule has 2 saturated heterocycles. The first-order valence-electron chi connectivity index (χ1n) is 9.10. The second-order valence-corrected chi connectivity index (χ2v) is 7.35. The van der Waals surface area contributed by atoms with E-state index in [4.69, 9.17) is 11.6 Å². The molecule has 3 amide bonds. The van der Waals surface area contributed by atoms with Crippen LogP contribution < -0.4 is 10.6 Å². The summed E-state index contributed by atoms with van der Waals surface area (Å²) >= 11 is 5.95. The number of hydrogen-bond acceptors (Lipinski definition) is 4. The number of nitrogens with one attached hydrogen (secondary N) is 2. The Hall–Kier alpha value is -2.48. The van der Waals surface area contributed by atoms with Crippen LogP contribution >= 0.6 is 11.6 Å². The molecule has 0 aliphatic carbocycles. The molecule has 2 atom stereocenters. The van der Waals surface area contributed by atoms with Gasteiger partial charge in [0.05, 0.1) is 6.54 Å². The van der Waals surface area contributed by atoms with Gasteiger partial charge in [-0.1, -0.05) is 35.9 Å². The highest BCUT2D eigenvalue weighted by Gasteiger charge is 2.47. The fourth-order valence-electron chi connectivity index (χ4n) is 3.60. The van der Waals surface area contributed by atoms with Gasteiger partial charge in [-0.3, -0.25) is 15.0 Å². The lowest BCUT2D eigenvalue weighted by molar-refractivity contribution is -0.138. The molecule has 0 radical (unpaired) electrons. The van der Waals surface area contributed by atoms with Crippen molar-refractivity contribution in [2.24, 2.45) is 0 Å². The third-order valence-electron chi connectivity index (χ3n) is 5.02. The molecule has 8 heteroatoms. The largest absolute Gasteiger partial charge is 0.328 e. The average Bonchev–Trinajstić information content (AvgIpc) is 2.71. The van der Waals surface area contributed by atoms with Gasteiger partial charge in [-0.05, 0) is 35.4 Å². The molecule has 2 aromatic rings. The van der Waals surface area contributed by atoms with Crippen LogP contribution in [0.1, 0.15) is 11.1 Å². The van der Waals surface area contributed by atoms with Crippen molar-refractivity contribution in [3.05, 3.63) is 70.5 Å². The zero-order valence-corrected chi connectivity index (χ0v) is 15.8. The predicted octanol–water partition coefficient (Wildman–Crippen LogP) is 2.33. The number of urea groups is 1. The van der Waals surface area contributed by atoms with E-state index in [2.05, 4.69) is 10.6 Å². The van der Waals surface area contributed by atoms with E-state index in [1.54, 1.807) is 29.2 Å². The van der Waals surface area contributed by atoms with Gasteiger partial charge in [0, 0.05) is 24.7 Å². The van der Waals surface area contributed by atoms with Gasteiger partial charge in [0.25, 0.3) is 5.91 Å². The van der Waals surface area contributed by atoms with Gasteiger partial charge < -0.3 is 10.2 Å². The first kappa shape index (κ1) is 18.9. The standard InChI is InChI=1S/C20H20ClFN4O2/c21-15-5-1-13(2-6-15)11-25-18-17(23-9-10-24-18)19(27)26(20(25)28)12-14-3-7-16(22)8-4-14/h1-8,17-18,23-24H,9-12H2. The Bertz CT molecular complexity index is 875. The van der Waals surface area contributed by atoms with E-state index in [1.807, 2.05) is 12.1 Å². The molecule has 4 rings (SSSR count). The van der Waals surface area contributed by atoms with Crippen molar-refractivity contribution in [2.75, 3.05) is 13.1 Å². The Balaban J connectivity index is 1.61. The molecule has 146 valence electrons. The van der Waals surface area contributed by atoms with E-state index in [9.17, 15) is 14.0 Å². The van der Waals surface area contributed by atoms with Crippen LogP contribution in [0, 0.1) is 5.82 Å². The highest BCUT2D eigenvalue weighted by molar-refractivity contribution is 6.30. The average molecular weight is 403 g/mol. The van der Waals surface area contributed by atoms with Crippen LogP contribution in [0.3, 0.4) is 0 Å². The summed E-state index contributed by atoms with van der Waals surface area (Å²) in [5.74, 6) is -0.637. The minimum absolute atomic E-state index is 0.0972. The van der Waals surface area contributed by atoms with Crippen LogP contribution in [0.2, 0.25) is 5.02 Å². The molecular formula is C20H20ClFN4O2. The Morgan fingerprint density at radius 3 is 2.25 bits per heavy atom. The maximum Gasteiger partial charge on any atom is 0.328 e. The fraction of sp³-hybridized carbons (Fsp3) is 0.300. The van der Waals surface area contributed by atoms with E-state index >= 15 is 0 Å². The summed E-state index contributed by atoms with van der Waals surface area (Å²) in [5.41, 5.74) is 1.61. The van der Waals surface area contributed by atoms with Crippen LogP contribution in [0.4, 0.5) is 9.18 Å². The lowest BCUT2D eigenvalue weighted by Gasteiger charge is -2.47. The molecule has 0 bridgehead atoms. The molecular weight excluding hydrogens is 383 g/mol. The minimum Gasteiger partial charge on any atom is -0.302 e. The molecule has 2 aliphatic rings. The van der Waals surface area contributed by atoms with Crippen LogP contribution in [-0.4, -0.2) is 47.0 Å². The maximum absolute atomic E-state index is 13.2. The molecule has 2 unspecified atom stereocenters. The number of benzene rings is 2. The molecule has 0 aromatic heterocycles. The zero-order chi connectivity index (χ0) is 19.7. The summed E-state index contributed by atoms with van der Waals surface area (Å²) in [6, 6.07) is 12.2. The van der Waals surface area contributed by atoms with Crippen molar-refractivity contribution in [1.82, 2.24) is 20.4 Å². The van der Waals surface area contributed by atoms with Crippen LogP contribution in [-0.2, 0) is 17.9 Å². The molecule has 2 heterocycles. The van der Waals surface area contributed by atoms with E-state index in [-0.39, 0.29) is 24.3 Å². The summed E-state index contributed by atoms with van der Waals surface area (Å²) in [7, 11) is 0. The summed E-state index contributed by atoms with van der Waals surface area (Å²) in [6.45, 7) is 1.75. The van der Waals surface area contributed by atoms with Crippen molar-refractivity contribution < 1.29 is 14.0 Å². The SMILES string of the molecule is O=C1C2NCCNC2N(Cc2ccc(Cl)cc2)C(=O)N1Cc1ccc(F)cc1. The van der Waals surface area contributed by atoms with Gasteiger partial charge in [0.15, 0.2) is 0 Å². The molecule has 6 nitrogen and oxygen atoms in total. The maximum atomic E-state index is 13.2. The Kier molecular flexibility index (Phi) is 5.30. The van der Waals surface area contributed by atoms with Gasteiger partial charge in [0.2, 0.25) is 0 Å². The number of imide groups is 1. The molecule has 2 N–H and O–H groups in total. The Morgan fingerprint density at radius 1 is 0.929 bits per heavy atom. The van der Waals surface area contributed by atoms with Gasteiger partial charge in [-0.2, -0.15) is 0 Å². The van der Waals surface area contributed by atoms with Crippen LogP contribution in [0.25, 0.3) is 0 Å². The monoisotopic (exact) mass is 402 g/mol. The van der Waals surface area contributed by atoms with Crippen molar-refractivity contribution in [2.45, 2.75) is 25.3 Å². The van der Waals surface area contributed by atoms with Crippen molar-refractivity contribution in [3.8, 4) is 0 Å². The van der Waals surface area contributed by atoms with Gasteiger partial charge in [-0.15, -0.1) is 0 Å². The number of carbonyl (C=O) groups excluding carboxylic acids is 2.